The minimum absolute atomic E-state index is 0.0120. The van der Waals surface area contributed by atoms with E-state index >= 15 is 0 Å². The molecule has 2 aromatic rings. The average molecular weight is 303 g/mol. The second-order valence-corrected chi connectivity index (χ2v) is 6.16. The van der Waals surface area contributed by atoms with Gasteiger partial charge in [0.25, 0.3) is 5.91 Å². The van der Waals surface area contributed by atoms with Gasteiger partial charge in [-0.1, -0.05) is 24.2 Å². The second-order valence-electron chi connectivity index (χ2n) is 6.16. The molecule has 1 aliphatic rings. The molecule has 0 radical (unpaired) electrons. The maximum atomic E-state index is 12.8. The van der Waals surface area contributed by atoms with E-state index < -0.39 is 0 Å². The Morgan fingerprint density at radius 3 is 2.68 bits per heavy atom. The summed E-state index contributed by atoms with van der Waals surface area (Å²) in [5, 5.41) is 7.94. The van der Waals surface area contributed by atoms with Gasteiger partial charge >= 0.3 is 0 Å². The van der Waals surface area contributed by atoms with Gasteiger partial charge in [0.1, 0.15) is 11.5 Å². The molecule has 1 atom stereocenters. The molecule has 3 heterocycles. The lowest BCUT2D eigenvalue weighted by molar-refractivity contribution is 0.0724. The van der Waals surface area contributed by atoms with Crippen LogP contribution < -0.4 is 0 Å². The quantitative estimate of drug-likeness (QED) is 0.869. The summed E-state index contributed by atoms with van der Waals surface area (Å²) >= 11 is 0. The fraction of sp³-hybridized carbons (Fsp3) is 0.562. The summed E-state index contributed by atoms with van der Waals surface area (Å²) < 4.78 is 10.5. The van der Waals surface area contributed by atoms with Crippen LogP contribution in [0.4, 0.5) is 0 Å². The van der Waals surface area contributed by atoms with Crippen LogP contribution in [0.5, 0.6) is 0 Å². The number of nitrogens with zero attached hydrogens (tertiary/aromatic N) is 3. The normalized spacial score (nSPS) is 18.4. The van der Waals surface area contributed by atoms with Gasteiger partial charge in [0.15, 0.2) is 5.69 Å². The van der Waals surface area contributed by atoms with E-state index in [4.69, 9.17) is 9.05 Å². The van der Waals surface area contributed by atoms with Crippen molar-refractivity contribution in [3.63, 3.8) is 0 Å². The van der Waals surface area contributed by atoms with Gasteiger partial charge in [-0.15, -0.1) is 0 Å². The molecule has 1 saturated heterocycles. The molecule has 0 bridgehead atoms. The Morgan fingerprint density at radius 2 is 2.09 bits per heavy atom. The van der Waals surface area contributed by atoms with Gasteiger partial charge in [0.2, 0.25) is 0 Å². The van der Waals surface area contributed by atoms with E-state index in [1.165, 1.54) is 0 Å². The van der Waals surface area contributed by atoms with E-state index in [1.54, 1.807) is 6.07 Å². The summed E-state index contributed by atoms with van der Waals surface area (Å²) in [6.45, 7) is 8.55. The lowest BCUT2D eigenvalue weighted by atomic mass is 10.0. The van der Waals surface area contributed by atoms with Crippen molar-refractivity contribution < 1.29 is 13.8 Å². The van der Waals surface area contributed by atoms with Crippen LogP contribution in [0, 0.1) is 13.8 Å². The van der Waals surface area contributed by atoms with Crippen LogP contribution in [0.25, 0.3) is 0 Å². The first-order valence-corrected chi connectivity index (χ1v) is 7.69. The van der Waals surface area contributed by atoms with Gasteiger partial charge in [-0.2, -0.15) is 0 Å². The zero-order valence-corrected chi connectivity index (χ0v) is 13.4. The summed E-state index contributed by atoms with van der Waals surface area (Å²) in [4.78, 5) is 14.6. The van der Waals surface area contributed by atoms with E-state index in [-0.39, 0.29) is 17.9 Å². The van der Waals surface area contributed by atoms with Crippen LogP contribution in [0.2, 0.25) is 0 Å². The highest BCUT2D eigenvalue weighted by atomic mass is 16.5. The molecule has 22 heavy (non-hydrogen) atoms. The van der Waals surface area contributed by atoms with Crippen LogP contribution in [-0.2, 0) is 0 Å². The smallest absolute Gasteiger partial charge is 0.276 e. The minimum Gasteiger partial charge on any atom is -0.361 e. The van der Waals surface area contributed by atoms with Gasteiger partial charge in [-0.3, -0.25) is 4.79 Å². The van der Waals surface area contributed by atoms with Crippen molar-refractivity contribution in [2.45, 2.75) is 52.5 Å². The second kappa shape index (κ2) is 5.59. The molecule has 0 aromatic carbocycles. The predicted octanol–water partition coefficient (Wildman–Crippen LogP) is 3.38. The molecule has 2 aromatic heterocycles. The summed E-state index contributed by atoms with van der Waals surface area (Å²) in [7, 11) is 0. The van der Waals surface area contributed by atoms with Crippen LogP contribution in [0.15, 0.2) is 15.1 Å². The van der Waals surface area contributed by atoms with Crippen molar-refractivity contribution in [2.75, 3.05) is 6.54 Å². The van der Waals surface area contributed by atoms with Gasteiger partial charge in [-0.05, 0) is 26.7 Å². The molecule has 0 spiro atoms. The number of likely N-dealkylation sites (tertiary alicyclic amines) is 1. The van der Waals surface area contributed by atoms with E-state index in [9.17, 15) is 4.79 Å². The summed E-state index contributed by atoms with van der Waals surface area (Å²) in [5.41, 5.74) is 2.26. The molecule has 1 amide bonds. The standard InChI is InChI=1S/C16H21N3O3/c1-9(2)14-8-12(18-22-14)16(20)19-7-5-6-13(19)15-10(3)17-21-11(15)4/h8-9,13H,5-7H2,1-4H3. The summed E-state index contributed by atoms with van der Waals surface area (Å²) in [6.07, 6.45) is 1.89. The Labute approximate surface area is 129 Å². The Morgan fingerprint density at radius 1 is 1.32 bits per heavy atom. The largest absolute Gasteiger partial charge is 0.361 e. The van der Waals surface area contributed by atoms with E-state index in [2.05, 4.69) is 10.3 Å². The van der Waals surface area contributed by atoms with Crippen LogP contribution in [0.1, 0.15) is 71.9 Å². The highest BCUT2D eigenvalue weighted by molar-refractivity contribution is 5.92. The first-order chi connectivity index (χ1) is 10.5. The summed E-state index contributed by atoms with van der Waals surface area (Å²) in [5.74, 6) is 1.64. The Kier molecular flexibility index (Phi) is 3.76. The third-order valence-corrected chi connectivity index (χ3v) is 4.25. The topological polar surface area (TPSA) is 72.4 Å². The molecule has 0 saturated carbocycles. The SMILES string of the molecule is Cc1noc(C)c1C1CCCN1C(=O)c1cc(C(C)C)on1. The van der Waals surface area contributed by atoms with Crippen LogP contribution >= 0.6 is 0 Å². The molecule has 0 N–H and O–H groups in total. The zero-order chi connectivity index (χ0) is 15.9. The highest BCUT2D eigenvalue weighted by Gasteiger charge is 2.35. The van der Waals surface area contributed by atoms with Crippen molar-refractivity contribution >= 4 is 5.91 Å². The maximum absolute atomic E-state index is 12.8. The maximum Gasteiger partial charge on any atom is 0.276 e. The van der Waals surface area contributed by atoms with Gasteiger partial charge in [0.05, 0.1) is 11.7 Å². The van der Waals surface area contributed by atoms with E-state index in [0.29, 0.717) is 5.69 Å². The predicted molar refractivity (Wildman–Crippen MR) is 79.6 cm³/mol. The molecule has 6 heteroatoms. The number of aromatic nitrogens is 2. The fourth-order valence-electron chi connectivity index (χ4n) is 3.09. The third-order valence-electron chi connectivity index (χ3n) is 4.25. The molecule has 6 nitrogen and oxygen atoms in total. The monoisotopic (exact) mass is 303 g/mol. The number of aryl methyl sites for hydroxylation is 2. The van der Waals surface area contributed by atoms with Crippen molar-refractivity contribution in [2.24, 2.45) is 0 Å². The first kappa shape index (κ1) is 14.8. The molecule has 1 aliphatic heterocycles. The van der Waals surface area contributed by atoms with Crippen molar-refractivity contribution in [3.05, 3.63) is 34.5 Å². The van der Waals surface area contributed by atoms with Crippen LogP contribution in [0.3, 0.4) is 0 Å². The van der Waals surface area contributed by atoms with Crippen molar-refractivity contribution in [3.8, 4) is 0 Å². The van der Waals surface area contributed by atoms with E-state index in [0.717, 1.165) is 42.2 Å². The lowest BCUT2D eigenvalue weighted by Crippen LogP contribution is -2.31. The van der Waals surface area contributed by atoms with Gasteiger partial charge in [0, 0.05) is 24.1 Å². The molecule has 118 valence electrons. The fourth-order valence-corrected chi connectivity index (χ4v) is 3.09. The number of carbonyl (C=O) groups is 1. The number of amides is 1. The first-order valence-electron chi connectivity index (χ1n) is 7.69. The summed E-state index contributed by atoms with van der Waals surface area (Å²) in [6, 6.07) is 1.76. The molecule has 0 aliphatic carbocycles. The molecule has 1 fully saturated rings. The van der Waals surface area contributed by atoms with Gasteiger partial charge < -0.3 is 13.9 Å². The minimum atomic E-state index is -0.0850. The molecular weight excluding hydrogens is 282 g/mol. The Hall–Kier alpha value is -2.11. The Balaban J connectivity index is 1.88. The number of hydrogen-bond acceptors (Lipinski definition) is 5. The molecule has 1 unspecified atom stereocenters. The Bertz CT molecular complexity index is 667. The molecule has 3 rings (SSSR count). The zero-order valence-electron chi connectivity index (χ0n) is 13.4. The van der Waals surface area contributed by atoms with Crippen LogP contribution in [-0.4, -0.2) is 27.7 Å². The van der Waals surface area contributed by atoms with E-state index in [1.807, 2.05) is 32.6 Å². The lowest BCUT2D eigenvalue weighted by Gasteiger charge is -2.23. The third kappa shape index (κ3) is 2.42. The number of hydrogen-bond donors (Lipinski definition) is 0. The number of rotatable bonds is 3. The highest BCUT2D eigenvalue weighted by Crippen LogP contribution is 2.36. The van der Waals surface area contributed by atoms with Gasteiger partial charge in [-0.25, -0.2) is 0 Å². The number of carbonyl (C=O) groups excluding carboxylic acids is 1. The average Bonchev–Trinajstić information content (AvgIpc) is 3.18. The molecular formula is C16H21N3O3. The van der Waals surface area contributed by atoms with Crippen molar-refractivity contribution in [1.29, 1.82) is 0 Å². The van der Waals surface area contributed by atoms with Crippen molar-refractivity contribution in [1.82, 2.24) is 15.2 Å².